The summed E-state index contributed by atoms with van der Waals surface area (Å²) >= 11 is 3.06. The zero-order valence-corrected chi connectivity index (χ0v) is 16.1. The molecule has 2 rings (SSSR count). The van der Waals surface area contributed by atoms with Crippen molar-refractivity contribution in [3.63, 3.8) is 0 Å². The number of hydrogen-bond acceptors (Lipinski definition) is 5. The zero-order valence-electron chi connectivity index (χ0n) is 14.4. The minimum atomic E-state index is -0.949. The highest BCUT2D eigenvalue weighted by atomic mass is 32.1. The number of hydrogen-bond donors (Lipinski definition) is 2. The first kappa shape index (κ1) is 18.6. The maximum Gasteiger partial charge on any atom is 0.262 e. The van der Waals surface area contributed by atoms with Crippen LogP contribution in [0.5, 0.6) is 0 Å². The molecule has 0 aromatic carbocycles. The van der Waals surface area contributed by atoms with E-state index in [9.17, 15) is 9.59 Å². The summed E-state index contributed by atoms with van der Waals surface area (Å²) < 4.78 is 0. The van der Waals surface area contributed by atoms with Gasteiger partial charge in [0.15, 0.2) is 0 Å². The maximum atomic E-state index is 12.3. The Morgan fingerprint density at radius 2 is 2.04 bits per heavy atom. The van der Waals surface area contributed by atoms with Crippen molar-refractivity contribution in [3.05, 3.63) is 38.0 Å². The summed E-state index contributed by atoms with van der Waals surface area (Å²) in [6, 6.07) is 3.56. The molecule has 0 spiro atoms. The topological polar surface area (TPSA) is 71.1 Å². The summed E-state index contributed by atoms with van der Waals surface area (Å²) in [4.78, 5) is 30.7. The monoisotopic (exact) mass is 365 g/mol. The smallest absolute Gasteiger partial charge is 0.262 e. The second-order valence-electron chi connectivity index (χ2n) is 6.17. The predicted octanol–water partition coefficient (Wildman–Crippen LogP) is 3.08. The summed E-state index contributed by atoms with van der Waals surface area (Å²) in [6.45, 7) is 8.06. The number of carbonyl (C=O) groups is 2. The van der Waals surface area contributed by atoms with Crippen molar-refractivity contribution in [1.29, 1.82) is 0 Å². The van der Waals surface area contributed by atoms with Crippen molar-refractivity contribution in [2.24, 2.45) is 0 Å². The van der Waals surface area contributed by atoms with Gasteiger partial charge in [-0.3, -0.25) is 9.59 Å². The molecule has 0 radical (unpaired) electrons. The van der Waals surface area contributed by atoms with Crippen LogP contribution in [0.2, 0.25) is 0 Å². The van der Waals surface area contributed by atoms with E-state index in [-0.39, 0.29) is 11.8 Å². The van der Waals surface area contributed by atoms with Gasteiger partial charge in [-0.1, -0.05) is 6.07 Å². The number of thiazole rings is 1. The Bertz CT molecular complexity index is 686. The van der Waals surface area contributed by atoms with Gasteiger partial charge in [-0.15, -0.1) is 22.7 Å². The average molecular weight is 366 g/mol. The maximum absolute atomic E-state index is 12.3. The van der Waals surface area contributed by atoms with Gasteiger partial charge in [0.2, 0.25) is 5.91 Å². The van der Waals surface area contributed by atoms with E-state index in [1.165, 1.54) is 16.2 Å². The molecule has 0 saturated heterocycles. The molecule has 0 aliphatic carbocycles. The number of aromatic nitrogens is 1. The minimum Gasteiger partial charge on any atom is -0.354 e. The molecule has 2 amide bonds. The second-order valence-corrected chi connectivity index (χ2v) is 8.40. The van der Waals surface area contributed by atoms with E-state index < -0.39 is 5.54 Å². The lowest BCUT2D eigenvalue weighted by molar-refractivity contribution is -0.126. The highest BCUT2D eigenvalue weighted by Crippen LogP contribution is 2.17. The van der Waals surface area contributed by atoms with Crippen LogP contribution in [0.1, 0.15) is 45.5 Å². The Hall–Kier alpha value is -1.73. The minimum absolute atomic E-state index is 0.182. The summed E-state index contributed by atoms with van der Waals surface area (Å²) in [5.74, 6) is -0.405. The summed E-state index contributed by atoms with van der Waals surface area (Å²) in [5, 5.41) is 8.61. The van der Waals surface area contributed by atoms with Gasteiger partial charge in [0.1, 0.15) is 5.54 Å². The Morgan fingerprint density at radius 3 is 2.62 bits per heavy atom. The standard InChI is InChI=1S/C17H23N3O2S2/c1-11-12(2)24-14(19-11)8-5-9-18-16(22)17(3,4)20-15(21)13-7-6-10-23-13/h6-7,10H,5,8-9H2,1-4H3,(H,18,22)(H,20,21). The molecule has 24 heavy (non-hydrogen) atoms. The molecule has 2 aromatic rings. The van der Waals surface area contributed by atoms with E-state index in [4.69, 9.17) is 0 Å². The molecule has 2 heterocycles. The highest BCUT2D eigenvalue weighted by molar-refractivity contribution is 7.12. The van der Waals surface area contributed by atoms with Crippen molar-refractivity contribution in [1.82, 2.24) is 15.6 Å². The third-order valence-corrected chi connectivity index (χ3v) is 5.67. The number of thiophene rings is 1. The molecule has 0 saturated carbocycles. The largest absolute Gasteiger partial charge is 0.354 e. The van der Waals surface area contributed by atoms with Gasteiger partial charge in [-0.2, -0.15) is 0 Å². The third kappa shape index (κ3) is 4.88. The molecule has 0 unspecified atom stereocenters. The lowest BCUT2D eigenvalue weighted by Crippen LogP contribution is -2.54. The fraction of sp³-hybridized carbons (Fsp3) is 0.471. The van der Waals surface area contributed by atoms with Crippen molar-refractivity contribution in [2.75, 3.05) is 6.54 Å². The van der Waals surface area contributed by atoms with Gasteiger partial charge in [0.25, 0.3) is 5.91 Å². The van der Waals surface area contributed by atoms with Gasteiger partial charge in [-0.05, 0) is 45.6 Å². The molecule has 5 nitrogen and oxygen atoms in total. The lowest BCUT2D eigenvalue weighted by atomic mass is 10.0. The van der Waals surface area contributed by atoms with E-state index >= 15 is 0 Å². The highest BCUT2D eigenvalue weighted by Gasteiger charge is 2.29. The molecule has 7 heteroatoms. The van der Waals surface area contributed by atoms with E-state index in [1.54, 1.807) is 31.3 Å². The molecular weight excluding hydrogens is 342 g/mol. The number of nitrogens with one attached hydrogen (secondary N) is 2. The Kier molecular flexibility index (Phi) is 6.12. The first-order chi connectivity index (χ1) is 11.3. The van der Waals surface area contributed by atoms with E-state index in [2.05, 4.69) is 22.5 Å². The molecule has 0 aliphatic rings. The zero-order chi connectivity index (χ0) is 17.7. The van der Waals surface area contributed by atoms with Crippen LogP contribution >= 0.6 is 22.7 Å². The van der Waals surface area contributed by atoms with Crippen molar-refractivity contribution >= 4 is 34.5 Å². The number of carbonyl (C=O) groups excluding carboxylic acids is 2. The number of aryl methyl sites for hydroxylation is 3. The quantitative estimate of drug-likeness (QED) is 0.741. The van der Waals surface area contributed by atoms with E-state index in [0.29, 0.717) is 11.4 Å². The Balaban J connectivity index is 1.77. The number of nitrogens with zero attached hydrogens (tertiary/aromatic N) is 1. The SMILES string of the molecule is Cc1nc(CCCNC(=O)C(C)(C)NC(=O)c2cccs2)sc1C. The number of amides is 2. The molecule has 2 aromatic heterocycles. The number of rotatable bonds is 7. The van der Waals surface area contributed by atoms with Crippen molar-refractivity contribution in [3.8, 4) is 0 Å². The molecule has 0 fully saturated rings. The summed E-state index contributed by atoms with van der Waals surface area (Å²) in [7, 11) is 0. The van der Waals surface area contributed by atoms with Gasteiger partial charge in [0.05, 0.1) is 15.6 Å². The normalized spacial score (nSPS) is 11.3. The molecule has 0 bridgehead atoms. The Labute approximate surface area is 150 Å². The van der Waals surface area contributed by atoms with Gasteiger partial charge in [0, 0.05) is 17.8 Å². The lowest BCUT2D eigenvalue weighted by Gasteiger charge is -2.24. The van der Waals surface area contributed by atoms with E-state index in [0.717, 1.165) is 23.5 Å². The first-order valence-electron chi connectivity index (χ1n) is 7.87. The van der Waals surface area contributed by atoms with Crippen LogP contribution in [0.4, 0.5) is 0 Å². The van der Waals surface area contributed by atoms with Crippen molar-refractivity contribution < 1.29 is 9.59 Å². The van der Waals surface area contributed by atoms with Crippen LogP contribution < -0.4 is 10.6 Å². The molecule has 130 valence electrons. The average Bonchev–Trinajstić information content (AvgIpc) is 3.14. The van der Waals surface area contributed by atoms with Gasteiger partial charge >= 0.3 is 0 Å². The van der Waals surface area contributed by atoms with Crippen LogP contribution in [0.15, 0.2) is 17.5 Å². The van der Waals surface area contributed by atoms with E-state index in [1.807, 2.05) is 18.4 Å². The predicted molar refractivity (Wildman–Crippen MR) is 98.8 cm³/mol. The first-order valence-corrected chi connectivity index (χ1v) is 9.56. The van der Waals surface area contributed by atoms with Crippen LogP contribution in [-0.4, -0.2) is 28.9 Å². The van der Waals surface area contributed by atoms with Gasteiger partial charge in [-0.25, -0.2) is 4.98 Å². The summed E-state index contributed by atoms with van der Waals surface area (Å²) in [5.41, 5.74) is 0.131. The second kappa shape index (κ2) is 7.90. The fourth-order valence-electron chi connectivity index (χ4n) is 2.12. The van der Waals surface area contributed by atoms with Gasteiger partial charge < -0.3 is 10.6 Å². The van der Waals surface area contributed by atoms with Crippen LogP contribution in [-0.2, 0) is 11.2 Å². The third-order valence-electron chi connectivity index (χ3n) is 3.66. The van der Waals surface area contributed by atoms with Crippen LogP contribution in [0.3, 0.4) is 0 Å². The molecular formula is C17H23N3O2S2. The van der Waals surface area contributed by atoms with Crippen LogP contribution in [0, 0.1) is 13.8 Å². The summed E-state index contributed by atoms with van der Waals surface area (Å²) in [6.07, 6.45) is 1.68. The molecule has 0 aliphatic heterocycles. The Morgan fingerprint density at radius 1 is 1.29 bits per heavy atom. The molecule has 2 N–H and O–H groups in total. The molecule has 0 atom stereocenters. The van der Waals surface area contributed by atoms with Crippen LogP contribution in [0.25, 0.3) is 0 Å². The fourth-order valence-corrected chi connectivity index (χ4v) is 3.71. The van der Waals surface area contributed by atoms with Crippen molar-refractivity contribution in [2.45, 2.75) is 46.1 Å².